The summed E-state index contributed by atoms with van der Waals surface area (Å²) >= 11 is 1.87. The molecule has 1 aromatic heterocycles. The van der Waals surface area contributed by atoms with Crippen LogP contribution in [-0.2, 0) is 0 Å². The van der Waals surface area contributed by atoms with Crippen molar-refractivity contribution in [2.24, 2.45) is 0 Å². The number of piperazine rings is 1. The molecule has 1 amide bonds. The van der Waals surface area contributed by atoms with Crippen LogP contribution in [0.3, 0.4) is 0 Å². The van der Waals surface area contributed by atoms with Gasteiger partial charge in [-0.3, -0.25) is 4.79 Å². The van der Waals surface area contributed by atoms with Crippen molar-refractivity contribution in [3.05, 3.63) is 48.2 Å². The molecule has 0 bridgehead atoms. The van der Waals surface area contributed by atoms with Gasteiger partial charge >= 0.3 is 0 Å². The smallest absolute Gasteiger partial charge is 0.259 e. The highest BCUT2D eigenvalue weighted by Gasteiger charge is 2.27. The standard InChI is InChI=1S/C20H23N3O3S/c24-18-6-2-1-5-17(18)22-9-11-23(12-10-22)20(25)16-4-3-8-21-19(16)26-15-7-13-27-14-15/h1-6,8,15,24H,7,9-14H2. The van der Waals surface area contributed by atoms with Crippen LogP contribution in [0.25, 0.3) is 0 Å². The minimum Gasteiger partial charge on any atom is -0.506 e. The molecule has 0 saturated carbocycles. The molecule has 2 aromatic rings. The summed E-state index contributed by atoms with van der Waals surface area (Å²) in [4.78, 5) is 21.3. The van der Waals surface area contributed by atoms with E-state index in [9.17, 15) is 9.90 Å². The molecule has 3 heterocycles. The van der Waals surface area contributed by atoms with Crippen LogP contribution >= 0.6 is 11.8 Å². The molecule has 27 heavy (non-hydrogen) atoms. The van der Waals surface area contributed by atoms with Gasteiger partial charge in [-0.1, -0.05) is 12.1 Å². The Labute approximate surface area is 163 Å². The van der Waals surface area contributed by atoms with Crippen molar-refractivity contribution in [2.75, 3.05) is 42.6 Å². The average molecular weight is 385 g/mol. The largest absolute Gasteiger partial charge is 0.506 e. The number of aromatic hydroxyl groups is 1. The van der Waals surface area contributed by atoms with Crippen LogP contribution < -0.4 is 9.64 Å². The van der Waals surface area contributed by atoms with Gasteiger partial charge in [0.15, 0.2) is 0 Å². The fourth-order valence-electron chi connectivity index (χ4n) is 3.46. The highest BCUT2D eigenvalue weighted by Crippen LogP contribution is 2.28. The van der Waals surface area contributed by atoms with Crippen molar-refractivity contribution in [1.82, 2.24) is 9.88 Å². The van der Waals surface area contributed by atoms with Gasteiger partial charge in [-0.25, -0.2) is 4.98 Å². The number of carbonyl (C=O) groups excluding carboxylic acids is 1. The van der Waals surface area contributed by atoms with Gasteiger partial charge < -0.3 is 19.6 Å². The first-order valence-corrected chi connectivity index (χ1v) is 10.4. The van der Waals surface area contributed by atoms with Crippen molar-refractivity contribution in [2.45, 2.75) is 12.5 Å². The molecular formula is C20H23N3O3S. The molecule has 1 atom stereocenters. The summed E-state index contributed by atoms with van der Waals surface area (Å²) in [6.07, 6.45) is 2.80. The molecule has 6 nitrogen and oxygen atoms in total. The second-order valence-electron chi connectivity index (χ2n) is 6.73. The fraction of sp³-hybridized carbons (Fsp3) is 0.400. The topological polar surface area (TPSA) is 65.9 Å². The van der Waals surface area contributed by atoms with E-state index >= 15 is 0 Å². The lowest BCUT2D eigenvalue weighted by molar-refractivity contribution is 0.0738. The first kappa shape index (κ1) is 18.0. The Kier molecular flexibility index (Phi) is 5.38. The zero-order valence-corrected chi connectivity index (χ0v) is 15.9. The number of anilines is 1. The van der Waals surface area contributed by atoms with E-state index in [2.05, 4.69) is 9.88 Å². The number of para-hydroxylation sites is 2. The molecule has 2 saturated heterocycles. The number of hydrogen-bond acceptors (Lipinski definition) is 6. The lowest BCUT2D eigenvalue weighted by atomic mass is 10.2. The number of ether oxygens (including phenoxy) is 1. The second-order valence-corrected chi connectivity index (χ2v) is 7.88. The van der Waals surface area contributed by atoms with Gasteiger partial charge in [0.05, 0.1) is 5.69 Å². The normalized spacial score (nSPS) is 19.9. The molecule has 7 heteroatoms. The number of nitrogens with zero attached hydrogens (tertiary/aromatic N) is 3. The maximum atomic E-state index is 13.0. The number of benzene rings is 1. The average Bonchev–Trinajstić information content (AvgIpc) is 3.22. The number of amides is 1. The summed E-state index contributed by atoms with van der Waals surface area (Å²) in [6.45, 7) is 2.56. The van der Waals surface area contributed by atoms with Crippen LogP contribution in [0, 0.1) is 0 Å². The Morgan fingerprint density at radius 3 is 2.70 bits per heavy atom. The number of rotatable bonds is 4. The van der Waals surface area contributed by atoms with Crippen LogP contribution in [0.4, 0.5) is 5.69 Å². The minimum absolute atomic E-state index is 0.0410. The second kappa shape index (κ2) is 8.08. The molecule has 1 aromatic carbocycles. The van der Waals surface area contributed by atoms with E-state index in [1.165, 1.54) is 0 Å². The molecule has 4 rings (SSSR count). The highest BCUT2D eigenvalue weighted by molar-refractivity contribution is 7.99. The van der Waals surface area contributed by atoms with Gasteiger partial charge in [0, 0.05) is 38.1 Å². The minimum atomic E-state index is -0.0410. The SMILES string of the molecule is O=C(c1cccnc1OC1CCSC1)N1CCN(c2ccccc2O)CC1. The molecule has 0 radical (unpaired) electrons. The summed E-state index contributed by atoms with van der Waals surface area (Å²) in [5, 5.41) is 10.0. The predicted molar refractivity (Wildman–Crippen MR) is 107 cm³/mol. The van der Waals surface area contributed by atoms with Crippen molar-refractivity contribution < 1.29 is 14.6 Å². The van der Waals surface area contributed by atoms with Gasteiger partial charge in [0.25, 0.3) is 5.91 Å². The molecule has 2 aliphatic rings. The van der Waals surface area contributed by atoms with Crippen molar-refractivity contribution in [3.8, 4) is 11.6 Å². The molecule has 1 N–H and O–H groups in total. The predicted octanol–water partition coefficient (Wildman–Crippen LogP) is 2.63. The molecule has 0 aliphatic carbocycles. The zero-order chi connectivity index (χ0) is 18.6. The van der Waals surface area contributed by atoms with Crippen LogP contribution in [0.5, 0.6) is 11.6 Å². The Bertz CT molecular complexity index is 803. The van der Waals surface area contributed by atoms with E-state index in [4.69, 9.17) is 4.74 Å². The number of phenolic OH excluding ortho intramolecular Hbond substituents is 1. The third-order valence-electron chi connectivity index (χ3n) is 4.96. The van der Waals surface area contributed by atoms with Crippen LogP contribution in [0.15, 0.2) is 42.6 Å². The van der Waals surface area contributed by atoms with E-state index in [0.717, 1.165) is 23.6 Å². The first-order chi connectivity index (χ1) is 13.2. The van der Waals surface area contributed by atoms with Gasteiger partial charge in [-0.05, 0) is 36.4 Å². The number of hydrogen-bond donors (Lipinski definition) is 1. The number of carbonyl (C=O) groups is 1. The lowest BCUT2D eigenvalue weighted by Crippen LogP contribution is -2.49. The third-order valence-corrected chi connectivity index (χ3v) is 6.09. The summed E-state index contributed by atoms with van der Waals surface area (Å²) in [5.41, 5.74) is 1.35. The Balaban J connectivity index is 1.43. The molecule has 142 valence electrons. The number of aromatic nitrogens is 1. The molecule has 2 aliphatic heterocycles. The fourth-order valence-corrected chi connectivity index (χ4v) is 4.56. The summed E-state index contributed by atoms with van der Waals surface area (Å²) in [6, 6.07) is 10.9. The maximum Gasteiger partial charge on any atom is 0.259 e. The van der Waals surface area contributed by atoms with Crippen LogP contribution in [0.2, 0.25) is 0 Å². The van der Waals surface area contributed by atoms with Gasteiger partial charge in [0.2, 0.25) is 5.88 Å². The molecular weight excluding hydrogens is 362 g/mol. The molecule has 2 fully saturated rings. The summed E-state index contributed by atoms with van der Waals surface area (Å²) in [5.74, 6) is 2.71. The van der Waals surface area contributed by atoms with Gasteiger partial charge in [0.1, 0.15) is 17.4 Å². The summed E-state index contributed by atoms with van der Waals surface area (Å²) in [7, 11) is 0. The van der Waals surface area contributed by atoms with Crippen LogP contribution in [0.1, 0.15) is 16.8 Å². The number of thioether (sulfide) groups is 1. The van der Waals surface area contributed by atoms with E-state index in [-0.39, 0.29) is 17.8 Å². The number of phenols is 1. The summed E-state index contributed by atoms with van der Waals surface area (Å²) < 4.78 is 6.00. The van der Waals surface area contributed by atoms with Crippen molar-refractivity contribution in [3.63, 3.8) is 0 Å². The number of pyridine rings is 1. The zero-order valence-electron chi connectivity index (χ0n) is 15.1. The first-order valence-electron chi connectivity index (χ1n) is 9.24. The monoisotopic (exact) mass is 385 g/mol. The Morgan fingerprint density at radius 2 is 1.96 bits per heavy atom. The lowest BCUT2D eigenvalue weighted by Gasteiger charge is -2.36. The van der Waals surface area contributed by atoms with Crippen LogP contribution in [-0.4, -0.2) is 64.7 Å². The maximum absolute atomic E-state index is 13.0. The quantitative estimate of drug-likeness (QED) is 0.873. The Morgan fingerprint density at radius 1 is 1.15 bits per heavy atom. The van der Waals surface area contributed by atoms with E-state index in [1.54, 1.807) is 24.4 Å². The van der Waals surface area contributed by atoms with E-state index < -0.39 is 0 Å². The highest BCUT2D eigenvalue weighted by atomic mass is 32.2. The molecule has 1 unspecified atom stereocenters. The van der Waals surface area contributed by atoms with E-state index in [0.29, 0.717) is 37.6 Å². The van der Waals surface area contributed by atoms with Crippen molar-refractivity contribution in [1.29, 1.82) is 0 Å². The molecule has 0 spiro atoms. The third kappa shape index (κ3) is 3.98. The van der Waals surface area contributed by atoms with Gasteiger partial charge in [-0.15, -0.1) is 0 Å². The van der Waals surface area contributed by atoms with Crippen molar-refractivity contribution >= 4 is 23.4 Å². The van der Waals surface area contributed by atoms with E-state index in [1.807, 2.05) is 34.9 Å². The van der Waals surface area contributed by atoms with Gasteiger partial charge in [-0.2, -0.15) is 11.8 Å². The Hall–Kier alpha value is -2.41.